The first-order chi connectivity index (χ1) is 18.2. The molecule has 0 aromatic heterocycles. The fourth-order valence-corrected chi connectivity index (χ4v) is 5.17. The van der Waals surface area contributed by atoms with E-state index in [1.807, 2.05) is 26.0 Å². The number of allylic oxidation sites excluding steroid dienone is 1. The maximum absolute atomic E-state index is 13.1. The van der Waals surface area contributed by atoms with Gasteiger partial charge in [0.25, 0.3) is 0 Å². The van der Waals surface area contributed by atoms with E-state index in [-0.39, 0.29) is 43.9 Å². The highest BCUT2D eigenvalue weighted by Crippen LogP contribution is 2.42. The van der Waals surface area contributed by atoms with Crippen molar-refractivity contribution in [1.29, 1.82) is 0 Å². The van der Waals surface area contributed by atoms with Crippen LogP contribution in [-0.2, 0) is 36.6 Å². The Labute approximate surface area is 222 Å². The van der Waals surface area contributed by atoms with Gasteiger partial charge in [-0.15, -0.1) is 0 Å². The van der Waals surface area contributed by atoms with Crippen molar-refractivity contribution in [2.24, 2.45) is 0 Å². The topological polar surface area (TPSA) is 121 Å². The molecule has 10 nitrogen and oxygen atoms in total. The first-order valence-corrected chi connectivity index (χ1v) is 13.8. The SMILES string of the molecule is CCOC(=O)C(C)N(Oc1ccccc1)[PH](=O)COCC(C)=CCc1c(O)c2c(c(C)c1OC)COC2=O. The van der Waals surface area contributed by atoms with E-state index >= 15 is 0 Å². The number of hydrogen-bond donors (Lipinski definition) is 1. The van der Waals surface area contributed by atoms with Crippen molar-refractivity contribution in [1.82, 2.24) is 4.83 Å². The van der Waals surface area contributed by atoms with Crippen LogP contribution in [0.2, 0.25) is 0 Å². The third kappa shape index (κ3) is 6.75. The smallest absolute Gasteiger partial charge is 0.342 e. The Bertz CT molecular complexity index is 1210. The maximum atomic E-state index is 13.1. The Morgan fingerprint density at radius 2 is 2.00 bits per heavy atom. The van der Waals surface area contributed by atoms with Crippen molar-refractivity contribution >= 4 is 19.9 Å². The number of rotatable bonds is 13. The molecule has 38 heavy (non-hydrogen) atoms. The lowest BCUT2D eigenvalue weighted by Crippen LogP contribution is -2.38. The first-order valence-electron chi connectivity index (χ1n) is 12.2. The summed E-state index contributed by atoms with van der Waals surface area (Å²) in [7, 11) is -1.18. The Morgan fingerprint density at radius 1 is 1.29 bits per heavy atom. The number of carbonyl (C=O) groups is 2. The number of phenols is 1. The fourth-order valence-electron chi connectivity index (χ4n) is 4.03. The molecule has 2 aromatic carbocycles. The van der Waals surface area contributed by atoms with Gasteiger partial charge in [-0.05, 0) is 51.8 Å². The van der Waals surface area contributed by atoms with E-state index in [9.17, 15) is 19.3 Å². The zero-order valence-corrected chi connectivity index (χ0v) is 23.2. The van der Waals surface area contributed by atoms with Crippen LogP contribution in [0.15, 0.2) is 42.0 Å². The van der Waals surface area contributed by atoms with Crippen LogP contribution in [0.1, 0.15) is 47.8 Å². The Morgan fingerprint density at radius 3 is 2.66 bits per heavy atom. The third-order valence-electron chi connectivity index (χ3n) is 6.03. The van der Waals surface area contributed by atoms with E-state index in [1.54, 1.807) is 38.1 Å². The van der Waals surface area contributed by atoms with Crippen LogP contribution in [0.25, 0.3) is 0 Å². The molecule has 0 spiro atoms. The van der Waals surface area contributed by atoms with E-state index in [2.05, 4.69) is 0 Å². The first kappa shape index (κ1) is 29.2. The lowest BCUT2D eigenvalue weighted by atomic mass is 9.95. The van der Waals surface area contributed by atoms with Crippen molar-refractivity contribution in [3.05, 3.63) is 64.2 Å². The van der Waals surface area contributed by atoms with E-state index in [0.29, 0.717) is 22.6 Å². The van der Waals surface area contributed by atoms with Crippen molar-refractivity contribution < 1.29 is 43.0 Å². The third-order valence-corrected chi connectivity index (χ3v) is 7.45. The Balaban J connectivity index is 1.66. The lowest BCUT2D eigenvalue weighted by Gasteiger charge is -2.26. The minimum Gasteiger partial charge on any atom is -0.507 e. The monoisotopic (exact) mass is 547 g/mol. The summed E-state index contributed by atoms with van der Waals surface area (Å²) in [6, 6.07) is 7.83. The quantitative estimate of drug-likeness (QED) is 0.165. The second-order valence-corrected chi connectivity index (χ2v) is 10.2. The van der Waals surface area contributed by atoms with Gasteiger partial charge in [-0.1, -0.05) is 34.7 Å². The number of hydroxylamine groups is 1. The highest BCUT2D eigenvalue weighted by molar-refractivity contribution is 7.41. The predicted molar refractivity (Wildman–Crippen MR) is 141 cm³/mol. The van der Waals surface area contributed by atoms with Crippen molar-refractivity contribution in [2.75, 3.05) is 26.7 Å². The molecular formula is C27H34NO9P. The highest BCUT2D eigenvalue weighted by Gasteiger charge is 2.32. The number of benzene rings is 2. The number of aromatic hydroxyl groups is 1. The molecule has 1 aliphatic rings. The fraction of sp³-hybridized carbons (Fsp3) is 0.407. The molecule has 0 saturated carbocycles. The average Bonchev–Trinajstić information content (AvgIpc) is 3.30. The molecule has 2 unspecified atom stereocenters. The zero-order valence-electron chi connectivity index (χ0n) is 22.2. The second kappa shape index (κ2) is 13.5. The summed E-state index contributed by atoms with van der Waals surface area (Å²) in [5.74, 6) is -0.337. The molecule has 11 heteroatoms. The Hall–Kier alpha value is -3.33. The minimum atomic E-state index is -2.69. The molecule has 0 aliphatic carbocycles. The summed E-state index contributed by atoms with van der Waals surface area (Å²) in [6.07, 6.45) is 1.95. The van der Waals surface area contributed by atoms with Crippen LogP contribution in [0.4, 0.5) is 0 Å². The summed E-state index contributed by atoms with van der Waals surface area (Å²) in [4.78, 5) is 31.3. The molecule has 3 rings (SSSR count). The molecule has 1 heterocycles. The number of esters is 2. The molecule has 2 atom stereocenters. The van der Waals surface area contributed by atoms with Crippen molar-refractivity contribution in [3.8, 4) is 17.2 Å². The number of fused-ring (bicyclic) bond motifs is 1. The molecule has 1 N–H and O–H groups in total. The number of phenolic OH excluding ortho intramolecular Hbond substituents is 1. The maximum Gasteiger partial charge on any atom is 0.342 e. The van der Waals surface area contributed by atoms with Gasteiger partial charge in [0.05, 0.1) is 20.3 Å². The standard InChI is InChI=1S/C27H34NO9P/c1-6-35-26(30)19(4)28(37-20-10-8-7-9-11-20)38(32)16-34-14-17(2)12-13-21-24(29)23-22(15-36-27(23)31)18(3)25(21)33-5/h7-12,19,29,38H,6,13-16H2,1-5H3. The highest BCUT2D eigenvalue weighted by atomic mass is 31.1. The van der Waals surface area contributed by atoms with Gasteiger partial charge in [0.1, 0.15) is 41.8 Å². The summed E-state index contributed by atoms with van der Waals surface area (Å²) >= 11 is 0. The van der Waals surface area contributed by atoms with Gasteiger partial charge >= 0.3 is 11.9 Å². The largest absolute Gasteiger partial charge is 0.507 e. The van der Waals surface area contributed by atoms with Gasteiger partial charge < -0.3 is 33.5 Å². The van der Waals surface area contributed by atoms with Crippen LogP contribution in [-0.4, -0.2) is 54.6 Å². The Kier molecular flexibility index (Phi) is 10.4. The molecule has 1 aliphatic heterocycles. The van der Waals surface area contributed by atoms with E-state index in [0.717, 1.165) is 16.0 Å². The number of hydrogen-bond acceptors (Lipinski definition) is 9. The van der Waals surface area contributed by atoms with Crippen LogP contribution < -0.4 is 9.57 Å². The van der Waals surface area contributed by atoms with Crippen LogP contribution in [0.3, 0.4) is 0 Å². The van der Waals surface area contributed by atoms with Crippen LogP contribution in [0.5, 0.6) is 17.2 Å². The van der Waals surface area contributed by atoms with Gasteiger partial charge in [0.2, 0.25) is 0 Å². The van der Waals surface area contributed by atoms with Crippen LogP contribution >= 0.6 is 7.95 Å². The van der Waals surface area contributed by atoms with Crippen molar-refractivity contribution in [3.63, 3.8) is 0 Å². The normalized spacial score (nSPS) is 14.6. The summed E-state index contributed by atoms with van der Waals surface area (Å²) in [5.41, 5.74) is 2.82. The van der Waals surface area contributed by atoms with Crippen molar-refractivity contribution in [2.45, 2.75) is 46.8 Å². The van der Waals surface area contributed by atoms with Crippen LogP contribution in [0, 0.1) is 6.92 Å². The summed E-state index contributed by atoms with van der Waals surface area (Å²) in [5, 5.41) is 10.8. The summed E-state index contributed by atoms with van der Waals surface area (Å²) in [6.45, 7) is 7.34. The molecule has 2 aromatic rings. The zero-order chi connectivity index (χ0) is 27.8. The van der Waals surface area contributed by atoms with E-state index in [1.165, 1.54) is 7.11 Å². The molecule has 0 fully saturated rings. The number of carbonyl (C=O) groups excluding carboxylic acids is 2. The van der Waals surface area contributed by atoms with Gasteiger partial charge in [-0.25, -0.2) is 4.79 Å². The van der Waals surface area contributed by atoms with Gasteiger partial charge in [-0.2, -0.15) is 0 Å². The average molecular weight is 548 g/mol. The molecule has 0 radical (unpaired) electrons. The lowest BCUT2D eigenvalue weighted by molar-refractivity contribution is -0.153. The number of cyclic esters (lactones) is 1. The van der Waals surface area contributed by atoms with E-state index < -0.39 is 25.9 Å². The predicted octanol–water partition coefficient (Wildman–Crippen LogP) is 4.56. The molecule has 206 valence electrons. The summed E-state index contributed by atoms with van der Waals surface area (Å²) < 4.78 is 34.4. The van der Waals surface area contributed by atoms with Gasteiger partial charge in [0.15, 0.2) is 7.95 Å². The number of nitrogens with zero attached hydrogens (tertiary/aromatic N) is 1. The molecule has 0 saturated heterocycles. The van der Waals surface area contributed by atoms with Gasteiger partial charge in [0, 0.05) is 11.1 Å². The second-order valence-electron chi connectivity index (χ2n) is 8.71. The number of para-hydroxylation sites is 1. The van der Waals surface area contributed by atoms with E-state index in [4.69, 9.17) is 23.8 Å². The molecular weight excluding hydrogens is 513 g/mol. The number of ether oxygens (including phenoxy) is 4. The minimum absolute atomic E-state index is 0.103. The molecule has 0 bridgehead atoms. The number of methoxy groups -OCH3 is 1. The molecule has 0 amide bonds. The van der Waals surface area contributed by atoms with Gasteiger partial charge in [-0.3, -0.25) is 4.79 Å².